The average molecular weight is 343 g/mol. The molecule has 0 aliphatic rings. The predicted octanol–water partition coefficient (Wildman–Crippen LogP) is 3.96. The largest absolute Gasteiger partial charge is 0.340 e. The van der Waals surface area contributed by atoms with Crippen LogP contribution in [0.4, 0.5) is 17.2 Å². The zero-order valence-electron chi connectivity index (χ0n) is 14.4. The third kappa shape index (κ3) is 3.84. The van der Waals surface area contributed by atoms with Crippen molar-refractivity contribution in [1.82, 2.24) is 9.97 Å². The number of anilines is 3. The van der Waals surface area contributed by atoms with Crippen LogP contribution in [0.25, 0.3) is 0 Å². The van der Waals surface area contributed by atoms with Gasteiger partial charge in [0.05, 0.1) is 11.6 Å². The van der Waals surface area contributed by atoms with Gasteiger partial charge < -0.3 is 10.6 Å². The van der Waals surface area contributed by atoms with Gasteiger partial charge in [-0.2, -0.15) is 5.26 Å². The van der Waals surface area contributed by atoms with Crippen LogP contribution in [0, 0.1) is 25.2 Å². The van der Waals surface area contributed by atoms with Crippen LogP contribution in [0.2, 0.25) is 0 Å². The minimum absolute atomic E-state index is 0.250. The van der Waals surface area contributed by atoms with Crippen LogP contribution >= 0.6 is 0 Å². The Labute approximate surface area is 151 Å². The minimum Gasteiger partial charge on any atom is -0.340 e. The first-order chi connectivity index (χ1) is 12.6. The topological polar surface area (TPSA) is 90.7 Å². The molecule has 3 rings (SSSR count). The molecule has 2 N–H and O–H groups in total. The lowest BCUT2D eigenvalue weighted by Gasteiger charge is -2.11. The molecule has 0 spiro atoms. The molecule has 6 heteroatoms. The Morgan fingerprint density at radius 1 is 1.08 bits per heavy atom. The zero-order valence-corrected chi connectivity index (χ0v) is 14.4. The van der Waals surface area contributed by atoms with Gasteiger partial charge in [0.25, 0.3) is 5.91 Å². The van der Waals surface area contributed by atoms with Gasteiger partial charge in [0.2, 0.25) is 0 Å². The van der Waals surface area contributed by atoms with Crippen molar-refractivity contribution in [1.29, 1.82) is 5.26 Å². The second-order valence-electron chi connectivity index (χ2n) is 5.81. The van der Waals surface area contributed by atoms with E-state index in [0.29, 0.717) is 17.1 Å². The Balaban J connectivity index is 1.79. The second kappa shape index (κ2) is 7.45. The second-order valence-corrected chi connectivity index (χ2v) is 5.81. The van der Waals surface area contributed by atoms with Crippen LogP contribution in [0.3, 0.4) is 0 Å². The molecular weight excluding hydrogens is 326 g/mol. The summed E-state index contributed by atoms with van der Waals surface area (Å²) < 4.78 is 0. The normalized spacial score (nSPS) is 10.0. The molecule has 0 saturated heterocycles. The Bertz CT molecular complexity index is 1010. The lowest BCUT2D eigenvalue weighted by atomic mass is 10.1. The maximum absolute atomic E-state index is 12.5. The lowest BCUT2D eigenvalue weighted by Crippen LogP contribution is -2.15. The summed E-state index contributed by atoms with van der Waals surface area (Å²) in [5.74, 6) is 0.163. The predicted molar refractivity (Wildman–Crippen MR) is 100 cm³/mol. The van der Waals surface area contributed by atoms with E-state index in [1.165, 1.54) is 6.33 Å². The third-order valence-corrected chi connectivity index (χ3v) is 4.02. The molecule has 0 atom stereocenters. The van der Waals surface area contributed by atoms with E-state index in [1.807, 2.05) is 38.1 Å². The molecule has 0 bridgehead atoms. The Kier molecular flexibility index (Phi) is 4.90. The lowest BCUT2D eigenvalue weighted by molar-refractivity contribution is 0.102. The number of nitrogens with one attached hydrogen (secondary N) is 2. The van der Waals surface area contributed by atoms with E-state index in [9.17, 15) is 4.79 Å². The fraction of sp³-hybridized carbons (Fsp3) is 0.100. The van der Waals surface area contributed by atoms with Crippen LogP contribution in [-0.4, -0.2) is 15.9 Å². The molecule has 128 valence electrons. The molecule has 0 radical (unpaired) electrons. The highest BCUT2D eigenvalue weighted by molar-refractivity contribution is 6.03. The van der Waals surface area contributed by atoms with Gasteiger partial charge in [-0.25, -0.2) is 9.97 Å². The van der Waals surface area contributed by atoms with Gasteiger partial charge >= 0.3 is 0 Å². The van der Waals surface area contributed by atoms with E-state index in [4.69, 9.17) is 5.26 Å². The monoisotopic (exact) mass is 343 g/mol. The van der Waals surface area contributed by atoms with Gasteiger partial charge in [0, 0.05) is 17.4 Å². The smallest absolute Gasteiger partial charge is 0.274 e. The Morgan fingerprint density at radius 2 is 1.88 bits per heavy atom. The molecular formula is C20H17N5O. The van der Waals surface area contributed by atoms with Crippen molar-refractivity contribution >= 4 is 23.1 Å². The van der Waals surface area contributed by atoms with Crippen molar-refractivity contribution in [2.75, 3.05) is 10.6 Å². The Morgan fingerprint density at radius 3 is 2.69 bits per heavy atom. The van der Waals surface area contributed by atoms with Gasteiger partial charge in [0.1, 0.15) is 17.8 Å². The van der Waals surface area contributed by atoms with Gasteiger partial charge in [-0.1, -0.05) is 18.2 Å². The van der Waals surface area contributed by atoms with Crippen LogP contribution in [0.5, 0.6) is 0 Å². The molecule has 1 heterocycles. The SMILES string of the molecule is Cc1cccc(NC(=O)c2cc(Nc3cccc(C#N)c3)ncn2)c1C. The summed E-state index contributed by atoms with van der Waals surface area (Å²) in [4.78, 5) is 20.7. The van der Waals surface area contributed by atoms with E-state index in [1.54, 1.807) is 24.3 Å². The molecule has 6 nitrogen and oxygen atoms in total. The number of hydrogen-bond acceptors (Lipinski definition) is 5. The number of aromatic nitrogens is 2. The number of hydrogen-bond donors (Lipinski definition) is 2. The minimum atomic E-state index is -0.310. The summed E-state index contributed by atoms with van der Waals surface area (Å²) in [5, 5.41) is 14.9. The van der Waals surface area contributed by atoms with E-state index in [0.717, 1.165) is 16.8 Å². The highest BCUT2D eigenvalue weighted by Crippen LogP contribution is 2.20. The number of rotatable bonds is 4. The summed E-state index contributed by atoms with van der Waals surface area (Å²) in [5.41, 5.74) is 4.37. The number of nitrogens with zero attached hydrogens (tertiary/aromatic N) is 3. The van der Waals surface area contributed by atoms with Crippen molar-refractivity contribution in [3.8, 4) is 6.07 Å². The first kappa shape index (κ1) is 17.1. The standard InChI is InChI=1S/C20H17N5O/c1-13-5-3-8-17(14(13)2)25-20(26)18-10-19(23-12-22-18)24-16-7-4-6-15(9-16)11-21/h3-10,12H,1-2H3,(H,25,26)(H,22,23,24). The van der Waals surface area contributed by atoms with Crippen molar-refractivity contribution in [3.05, 3.63) is 77.2 Å². The summed E-state index contributed by atoms with van der Waals surface area (Å²) in [6.45, 7) is 3.95. The number of nitriles is 1. The van der Waals surface area contributed by atoms with Crippen molar-refractivity contribution in [2.24, 2.45) is 0 Å². The van der Waals surface area contributed by atoms with Crippen LogP contribution in [0.15, 0.2) is 54.9 Å². The maximum atomic E-state index is 12.5. The van der Waals surface area contributed by atoms with Crippen LogP contribution < -0.4 is 10.6 Å². The first-order valence-corrected chi connectivity index (χ1v) is 8.03. The summed E-state index contributed by atoms with van der Waals surface area (Å²) in [7, 11) is 0. The van der Waals surface area contributed by atoms with Crippen molar-refractivity contribution in [2.45, 2.75) is 13.8 Å². The van der Waals surface area contributed by atoms with E-state index in [-0.39, 0.29) is 11.6 Å². The van der Waals surface area contributed by atoms with Gasteiger partial charge in [-0.05, 0) is 49.2 Å². The average Bonchev–Trinajstić information content (AvgIpc) is 2.66. The fourth-order valence-corrected chi connectivity index (χ4v) is 2.44. The molecule has 1 amide bonds. The molecule has 0 aliphatic heterocycles. The summed E-state index contributed by atoms with van der Waals surface area (Å²) >= 11 is 0. The number of carbonyl (C=O) groups excluding carboxylic acids is 1. The molecule has 0 aliphatic carbocycles. The highest BCUT2D eigenvalue weighted by Gasteiger charge is 2.11. The number of aryl methyl sites for hydroxylation is 1. The van der Waals surface area contributed by atoms with Crippen molar-refractivity contribution in [3.63, 3.8) is 0 Å². The quantitative estimate of drug-likeness (QED) is 0.748. The number of carbonyl (C=O) groups is 1. The number of amides is 1. The Hall–Kier alpha value is -3.72. The molecule has 0 fully saturated rings. The zero-order chi connectivity index (χ0) is 18.5. The third-order valence-electron chi connectivity index (χ3n) is 4.02. The van der Waals surface area contributed by atoms with E-state index in [2.05, 4.69) is 26.7 Å². The van der Waals surface area contributed by atoms with E-state index < -0.39 is 0 Å². The molecule has 0 saturated carbocycles. The van der Waals surface area contributed by atoms with Gasteiger partial charge in [-0.3, -0.25) is 4.79 Å². The molecule has 26 heavy (non-hydrogen) atoms. The first-order valence-electron chi connectivity index (χ1n) is 8.03. The van der Waals surface area contributed by atoms with Crippen LogP contribution in [0.1, 0.15) is 27.2 Å². The van der Waals surface area contributed by atoms with Crippen molar-refractivity contribution < 1.29 is 4.79 Å². The highest BCUT2D eigenvalue weighted by atomic mass is 16.1. The molecule has 0 unspecified atom stereocenters. The number of benzene rings is 2. The van der Waals surface area contributed by atoms with Crippen LogP contribution in [-0.2, 0) is 0 Å². The van der Waals surface area contributed by atoms with E-state index >= 15 is 0 Å². The van der Waals surface area contributed by atoms with Gasteiger partial charge in [0.15, 0.2) is 0 Å². The molecule has 3 aromatic rings. The summed E-state index contributed by atoms with van der Waals surface area (Å²) in [6, 6.07) is 16.4. The fourth-order valence-electron chi connectivity index (χ4n) is 2.44. The molecule has 1 aromatic heterocycles. The summed E-state index contributed by atoms with van der Waals surface area (Å²) in [6.07, 6.45) is 1.33. The molecule has 2 aromatic carbocycles. The maximum Gasteiger partial charge on any atom is 0.274 e. The van der Waals surface area contributed by atoms with Gasteiger partial charge in [-0.15, -0.1) is 0 Å².